The van der Waals surface area contributed by atoms with Gasteiger partial charge in [-0.2, -0.15) is 0 Å². The van der Waals surface area contributed by atoms with Crippen LogP contribution in [0.3, 0.4) is 0 Å². The number of furan rings is 1. The van der Waals surface area contributed by atoms with Crippen LogP contribution in [0.1, 0.15) is 11.5 Å². The zero-order valence-corrected chi connectivity index (χ0v) is 12.8. The molecule has 0 saturated carbocycles. The van der Waals surface area contributed by atoms with Crippen LogP contribution in [0.5, 0.6) is 0 Å². The van der Waals surface area contributed by atoms with Gasteiger partial charge in [0.05, 0.1) is 18.8 Å². The van der Waals surface area contributed by atoms with Crippen LogP contribution in [0.25, 0.3) is 0 Å². The van der Waals surface area contributed by atoms with Crippen molar-refractivity contribution < 1.29 is 9.21 Å². The SMILES string of the molecule is Cc1ccc(CN(C)C(=O)CSc2nnnn2CCN)o1. The summed E-state index contributed by atoms with van der Waals surface area (Å²) < 4.78 is 7.05. The van der Waals surface area contributed by atoms with Gasteiger partial charge >= 0.3 is 0 Å². The van der Waals surface area contributed by atoms with E-state index in [1.807, 2.05) is 19.1 Å². The first kappa shape index (κ1) is 15.5. The van der Waals surface area contributed by atoms with Gasteiger partial charge in [-0.1, -0.05) is 11.8 Å². The average molecular weight is 310 g/mol. The second-order valence-corrected chi connectivity index (χ2v) is 5.47. The Kier molecular flexibility index (Phi) is 5.34. The molecule has 9 heteroatoms. The molecule has 2 aromatic rings. The Labute approximate surface area is 126 Å². The molecule has 0 spiro atoms. The number of amides is 1. The molecule has 0 atom stereocenters. The van der Waals surface area contributed by atoms with Crippen LogP contribution in [0, 0.1) is 6.92 Å². The van der Waals surface area contributed by atoms with Crippen molar-refractivity contribution in [3.05, 3.63) is 23.7 Å². The predicted octanol–water partition coefficient (Wildman–Crippen LogP) is 0.284. The highest BCUT2D eigenvalue weighted by Gasteiger charge is 2.14. The van der Waals surface area contributed by atoms with E-state index < -0.39 is 0 Å². The number of tetrazole rings is 1. The Hall–Kier alpha value is -1.87. The maximum absolute atomic E-state index is 12.1. The van der Waals surface area contributed by atoms with Crippen LogP contribution in [0.15, 0.2) is 21.7 Å². The van der Waals surface area contributed by atoms with Gasteiger partial charge in [0.15, 0.2) is 0 Å². The van der Waals surface area contributed by atoms with Crippen molar-refractivity contribution >= 4 is 17.7 Å². The molecule has 0 aliphatic carbocycles. The van der Waals surface area contributed by atoms with Crippen LogP contribution >= 0.6 is 11.8 Å². The first-order chi connectivity index (χ1) is 10.1. The van der Waals surface area contributed by atoms with Crippen molar-refractivity contribution in [2.24, 2.45) is 5.73 Å². The highest BCUT2D eigenvalue weighted by atomic mass is 32.2. The summed E-state index contributed by atoms with van der Waals surface area (Å²) in [7, 11) is 1.74. The number of aryl methyl sites for hydroxylation is 1. The van der Waals surface area contributed by atoms with Crippen molar-refractivity contribution in [3.8, 4) is 0 Å². The fourth-order valence-corrected chi connectivity index (χ4v) is 2.54. The van der Waals surface area contributed by atoms with E-state index in [1.54, 1.807) is 16.6 Å². The van der Waals surface area contributed by atoms with Crippen molar-refractivity contribution in [1.82, 2.24) is 25.1 Å². The molecule has 0 aromatic carbocycles. The first-order valence-electron chi connectivity index (χ1n) is 6.48. The first-order valence-corrected chi connectivity index (χ1v) is 7.47. The summed E-state index contributed by atoms with van der Waals surface area (Å²) in [6.45, 7) is 3.30. The summed E-state index contributed by atoms with van der Waals surface area (Å²) in [6, 6.07) is 3.75. The average Bonchev–Trinajstić information content (AvgIpc) is 3.06. The third kappa shape index (κ3) is 4.30. The van der Waals surface area contributed by atoms with E-state index in [-0.39, 0.29) is 11.7 Å². The molecule has 0 saturated heterocycles. The van der Waals surface area contributed by atoms with E-state index in [1.165, 1.54) is 11.8 Å². The molecule has 114 valence electrons. The van der Waals surface area contributed by atoms with Gasteiger partial charge < -0.3 is 15.1 Å². The van der Waals surface area contributed by atoms with Crippen LogP contribution in [-0.4, -0.2) is 50.4 Å². The number of carbonyl (C=O) groups excluding carboxylic acids is 1. The van der Waals surface area contributed by atoms with Gasteiger partial charge in [0.2, 0.25) is 11.1 Å². The Morgan fingerprint density at radius 1 is 1.52 bits per heavy atom. The maximum Gasteiger partial charge on any atom is 0.233 e. The van der Waals surface area contributed by atoms with E-state index >= 15 is 0 Å². The highest BCUT2D eigenvalue weighted by Crippen LogP contribution is 2.15. The van der Waals surface area contributed by atoms with Crippen LogP contribution in [0.2, 0.25) is 0 Å². The quantitative estimate of drug-likeness (QED) is 0.733. The Morgan fingerprint density at radius 3 is 3.00 bits per heavy atom. The van der Waals surface area contributed by atoms with E-state index in [4.69, 9.17) is 10.2 Å². The predicted molar refractivity (Wildman–Crippen MR) is 77.5 cm³/mol. The molecule has 2 N–H and O–H groups in total. The molecule has 2 aromatic heterocycles. The Balaban J connectivity index is 1.84. The smallest absolute Gasteiger partial charge is 0.233 e. The number of thioether (sulfide) groups is 1. The summed E-state index contributed by atoms with van der Waals surface area (Å²) in [4.78, 5) is 13.7. The van der Waals surface area contributed by atoms with Gasteiger partial charge in [-0.15, -0.1) is 5.10 Å². The van der Waals surface area contributed by atoms with Crippen molar-refractivity contribution in [2.75, 3.05) is 19.3 Å². The lowest BCUT2D eigenvalue weighted by molar-refractivity contribution is -0.127. The van der Waals surface area contributed by atoms with Gasteiger partial charge in [-0.25, -0.2) is 4.68 Å². The molecule has 0 fully saturated rings. The summed E-state index contributed by atoms with van der Waals surface area (Å²) in [5.74, 6) is 1.85. The molecule has 2 heterocycles. The standard InChI is InChI=1S/C12H18N6O2S/c1-9-3-4-10(20-9)7-17(2)11(19)8-21-12-14-15-16-18(12)6-5-13/h3-4H,5-8,13H2,1-2H3. The zero-order chi connectivity index (χ0) is 15.2. The fourth-order valence-electron chi connectivity index (χ4n) is 1.69. The largest absolute Gasteiger partial charge is 0.464 e. The van der Waals surface area contributed by atoms with Gasteiger partial charge in [-0.3, -0.25) is 4.79 Å². The van der Waals surface area contributed by atoms with E-state index in [2.05, 4.69) is 15.5 Å². The van der Waals surface area contributed by atoms with Gasteiger partial charge in [0.1, 0.15) is 11.5 Å². The van der Waals surface area contributed by atoms with Crippen molar-refractivity contribution in [2.45, 2.75) is 25.2 Å². The van der Waals surface area contributed by atoms with Crippen molar-refractivity contribution in [1.29, 1.82) is 0 Å². The van der Waals surface area contributed by atoms with Gasteiger partial charge in [0.25, 0.3) is 0 Å². The summed E-state index contributed by atoms with van der Waals surface area (Å²) in [5.41, 5.74) is 5.47. The molecule has 2 rings (SSSR count). The summed E-state index contributed by atoms with van der Waals surface area (Å²) in [6.07, 6.45) is 0. The third-order valence-corrected chi connectivity index (χ3v) is 3.72. The monoisotopic (exact) mass is 310 g/mol. The Bertz CT molecular complexity index is 596. The molecule has 21 heavy (non-hydrogen) atoms. The lowest BCUT2D eigenvalue weighted by atomic mass is 10.4. The number of nitrogens with zero attached hydrogens (tertiary/aromatic N) is 5. The number of aromatic nitrogens is 4. The van der Waals surface area contributed by atoms with E-state index in [9.17, 15) is 4.79 Å². The minimum Gasteiger partial charge on any atom is -0.464 e. The summed E-state index contributed by atoms with van der Waals surface area (Å²) >= 11 is 1.30. The molecule has 0 aliphatic heterocycles. The lowest BCUT2D eigenvalue weighted by Gasteiger charge is -2.15. The van der Waals surface area contributed by atoms with Crippen molar-refractivity contribution in [3.63, 3.8) is 0 Å². The number of rotatable bonds is 7. The summed E-state index contributed by atoms with van der Waals surface area (Å²) in [5, 5.41) is 11.9. The third-order valence-electron chi connectivity index (χ3n) is 2.78. The van der Waals surface area contributed by atoms with Crippen LogP contribution in [0.4, 0.5) is 0 Å². The topological polar surface area (TPSA) is 103 Å². The zero-order valence-electron chi connectivity index (χ0n) is 12.0. The number of hydrogen-bond donors (Lipinski definition) is 1. The van der Waals surface area contributed by atoms with E-state index in [0.717, 1.165) is 11.5 Å². The lowest BCUT2D eigenvalue weighted by Crippen LogP contribution is -2.27. The van der Waals surface area contributed by atoms with Crippen LogP contribution in [-0.2, 0) is 17.9 Å². The molecular formula is C12H18N6O2S. The number of carbonyl (C=O) groups is 1. The number of hydrogen-bond acceptors (Lipinski definition) is 7. The molecule has 1 amide bonds. The fraction of sp³-hybridized carbons (Fsp3) is 0.500. The minimum absolute atomic E-state index is 0.0173. The maximum atomic E-state index is 12.1. The normalized spacial score (nSPS) is 10.8. The van der Waals surface area contributed by atoms with Gasteiger partial charge in [-0.05, 0) is 29.5 Å². The highest BCUT2D eigenvalue weighted by molar-refractivity contribution is 7.99. The van der Waals surface area contributed by atoms with Gasteiger partial charge in [0, 0.05) is 13.6 Å². The molecule has 0 bridgehead atoms. The molecule has 0 aliphatic rings. The molecule has 0 unspecified atom stereocenters. The molecule has 0 radical (unpaired) electrons. The Morgan fingerprint density at radius 2 is 2.33 bits per heavy atom. The second-order valence-electron chi connectivity index (χ2n) is 4.52. The van der Waals surface area contributed by atoms with Crippen LogP contribution < -0.4 is 5.73 Å². The second kappa shape index (κ2) is 7.23. The molecule has 8 nitrogen and oxygen atoms in total. The van der Waals surface area contributed by atoms with E-state index in [0.29, 0.717) is 24.8 Å². The number of nitrogens with two attached hydrogens (primary N) is 1. The molecular weight excluding hydrogens is 292 g/mol. The minimum atomic E-state index is -0.0173.